The van der Waals surface area contributed by atoms with Gasteiger partial charge in [-0.3, -0.25) is 9.59 Å². The quantitative estimate of drug-likeness (QED) is 0.940. The molecule has 0 atom stereocenters. The van der Waals surface area contributed by atoms with Gasteiger partial charge in [0.1, 0.15) is 0 Å². The van der Waals surface area contributed by atoms with Crippen LogP contribution in [0.15, 0.2) is 48.5 Å². The predicted octanol–water partition coefficient (Wildman–Crippen LogP) is 3.02. The molecule has 24 heavy (non-hydrogen) atoms. The average molecular weight is 322 g/mol. The SMILES string of the molecule is CCCNC(=O)c1ccc(C(=O)N2CCc3ccccc3C2)cc1. The molecule has 4 heteroatoms. The fraction of sp³-hybridized carbons (Fsp3) is 0.300. The van der Waals surface area contributed by atoms with Crippen molar-refractivity contribution < 1.29 is 9.59 Å². The highest BCUT2D eigenvalue weighted by molar-refractivity contribution is 5.97. The van der Waals surface area contributed by atoms with Gasteiger partial charge in [-0.05, 0) is 48.2 Å². The second-order valence-corrected chi connectivity index (χ2v) is 6.08. The molecule has 1 aliphatic heterocycles. The molecule has 2 aromatic rings. The van der Waals surface area contributed by atoms with Gasteiger partial charge in [-0.1, -0.05) is 31.2 Å². The molecular formula is C20H22N2O2. The van der Waals surface area contributed by atoms with Crippen LogP contribution < -0.4 is 5.32 Å². The number of benzene rings is 2. The highest BCUT2D eigenvalue weighted by atomic mass is 16.2. The van der Waals surface area contributed by atoms with E-state index in [0.717, 1.165) is 19.4 Å². The second kappa shape index (κ2) is 7.30. The van der Waals surface area contributed by atoms with Gasteiger partial charge in [0.25, 0.3) is 11.8 Å². The number of carbonyl (C=O) groups is 2. The first-order valence-electron chi connectivity index (χ1n) is 8.43. The molecule has 0 saturated heterocycles. The van der Waals surface area contributed by atoms with E-state index in [1.54, 1.807) is 24.3 Å². The summed E-state index contributed by atoms with van der Waals surface area (Å²) in [5, 5.41) is 2.84. The van der Waals surface area contributed by atoms with E-state index in [4.69, 9.17) is 0 Å². The van der Waals surface area contributed by atoms with Crippen molar-refractivity contribution in [3.8, 4) is 0 Å². The Balaban J connectivity index is 1.69. The van der Waals surface area contributed by atoms with E-state index >= 15 is 0 Å². The molecule has 1 aliphatic rings. The summed E-state index contributed by atoms with van der Waals surface area (Å²) in [5.74, 6) is -0.0761. The third-order valence-corrected chi connectivity index (χ3v) is 4.35. The molecule has 0 saturated carbocycles. The van der Waals surface area contributed by atoms with Crippen LogP contribution in [0.1, 0.15) is 45.2 Å². The van der Waals surface area contributed by atoms with E-state index in [-0.39, 0.29) is 11.8 Å². The van der Waals surface area contributed by atoms with Crippen molar-refractivity contribution in [1.82, 2.24) is 10.2 Å². The molecule has 0 fully saturated rings. The number of rotatable bonds is 4. The van der Waals surface area contributed by atoms with E-state index < -0.39 is 0 Å². The number of carbonyl (C=O) groups excluding carboxylic acids is 2. The summed E-state index contributed by atoms with van der Waals surface area (Å²) in [5.41, 5.74) is 3.75. The molecule has 3 rings (SSSR count). The normalized spacial score (nSPS) is 13.3. The first-order valence-corrected chi connectivity index (χ1v) is 8.43. The minimum Gasteiger partial charge on any atom is -0.352 e. The minimum absolute atomic E-state index is 0.0185. The highest BCUT2D eigenvalue weighted by Crippen LogP contribution is 2.20. The van der Waals surface area contributed by atoms with Crippen LogP contribution in [0.3, 0.4) is 0 Å². The Morgan fingerprint density at radius 3 is 2.38 bits per heavy atom. The van der Waals surface area contributed by atoms with Crippen LogP contribution in [0.5, 0.6) is 0 Å². The molecule has 0 unspecified atom stereocenters. The minimum atomic E-state index is -0.0947. The van der Waals surface area contributed by atoms with Gasteiger partial charge in [0.2, 0.25) is 0 Å². The topological polar surface area (TPSA) is 49.4 Å². The second-order valence-electron chi connectivity index (χ2n) is 6.08. The Morgan fingerprint density at radius 1 is 1.00 bits per heavy atom. The monoisotopic (exact) mass is 322 g/mol. The molecule has 2 amide bonds. The van der Waals surface area contributed by atoms with Crippen LogP contribution >= 0.6 is 0 Å². The van der Waals surface area contributed by atoms with E-state index in [2.05, 4.69) is 17.4 Å². The average Bonchev–Trinajstić information content (AvgIpc) is 2.65. The lowest BCUT2D eigenvalue weighted by atomic mass is 9.99. The fourth-order valence-electron chi connectivity index (χ4n) is 2.96. The van der Waals surface area contributed by atoms with E-state index in [9.17, 15) is 9.59 Å². The van der Waals surface area contributed by atoms with Crippen molar-refractivity contribution in [2.45, 2.75) is 26.3 Å². The number of amides is 2. The van der Waals surface area contributed by atoms with Gasteiger partial charge in [0.05, 0.1) is 0 Å². The summed E-state index contributed by atoms with van der Waals surface area (Å²) < 4.78 is 0. The zero-order chi connectivity index (χ0) is 16.9. The number of fused-ring (bicyclic) bond motifs is 1. The summed E-state index contributed by atoms with van der Waals surface area (Å²) in [4.78, 5) is 26.5. The third kappa shape index (κ3) is 3.48. The van der Waals surface area contributed by atoms with E-state index in [1.165, 1.54) is 11.1 Å². The van der Waals surface area contributed by atoms with Crippen molar-refractivity contribution in [2.24, 2.45) is 0 Å². The third-order valence-electron chi connectivity index (χ3n) is 4.35. The maximum absolute atomic E-state index is 12.7. The van der Waals surface area contributed by atoms with E-state index in [1.807, 2.05) is 24.0 Å². The molecule has 4 nitrogen and oxygen atoms in total. The molecule has 1 heterocycles. The maximum Gasteiger partial charge on any atom is 0.254 e. The lowest BCUT2D eigenvalue weighted by molar-refractivity contribution is 0.0734. The summed E-state index contributed by atoms with van der Waals surface area (Å²) >= 11 is 0. The first kappa shape index (κ1) is 16.2. The zero-order valence-corrected chi connectivity index (χ0v) is 13.9. The lowest BCUT2D eigenvalue weighted by Crippen LogP contribution is -2.36. The summed E-state index contributed by atoms with van der Waals surface area (Å²) in [7, 11) is 0. The molecule has 1 N–H and O–H groups in total. The van der Waals surface area contributed by atoms with Crippen molar-refractivity contribution >= 4 is 11.8 Å². The van der Waals surface area contributed by atoms with Gasteiger partial charge in [-0.2, -0.15) is 0 Å². The summed E-state index contributed by atoms with van der Waals surface area (Å²) in [6.07, 6.45) is 1.79. The smallest absolute Gasteiger partial charge is 0.254 e. The Morgan fingerprint density at radius 2 is 1.67 bits per heavy atom. The van der Waals surface area contributed by atoms with Gasteiger partial charge in [-0.25, -0.2) is 0 Å². The fourth-order valence-corrected chi connectivity index (χ4v) is 2.96. The highest BCUT2D eigenvalue weighted by Gasteiger charge is 2.21. The molecule has 2 aromatic carbocycles. The Hall–Kier alpha value is -2.62. The van der Waals surface area contributed by atoms with Gasteiger partial charge < -0.3 is 10.2 Å². The Kier molecular flexibility index (Phi) is 4.94. The molecule has 0 aliphatic carbocycles. The van der Waals surface area contributed by atoms with Crippen molar-refractivity contribution in [3.05, 3.63) is 70.8 Å². The molecular weight excluding hydrogens is 300 g/mol. The van der Waals surface area contributed by atoms with Crippen LogP contribution in [0, 0.1) is 0 Å². The zero-order valence-electron chi connectivity index (χ0n) is 13.9. The number of nitrogens with zero attached hydrogens (tertiary/aromatic N) is 1. The van der Waals surface area contributed by atoms with Crippen LogP contribution in [0.4, 0.5) is 0 Å². The number of hydrogen-bond acceptors (Lipinski definition) is 2. The molecule has 0 spiro atoms. The summed E-state index contributed by atoms with van der Waals surface area (Å²) in [6.45, 7) is 4.05. The maximum atomic E-state index is 12.7. The van der Waals surface area contributed by atoms with Gasteiger partial charge in [-0.15, -0.1) is 0 Å². The summed E-state index contributed by atoms with van der Waals surface area (Å²) in [6, 6.07) is 15.2. The van der Waals surface area contributed by atoms with Crippen molar-refractivity contribution in [1.29, 1.82) is 0 Å². The molecule has 0 aromatic heterocycles. The molecule has 0 bridgehead atoms. The number of hydrogen-bond donors (Lipinski definition) is 1. The van der Waals surface area contributed by atoms with Crippen LogP contribution in [-0.2, 0) is 13.0 Å². The Labute approximate surface area is 142 Å². The van der Waals surface area contributed by atoms with Crippen LogP contribution in [0.2, 0.25) is 0 Å². The number of nitrogens with one attached hydrogen (secondary N) is 1. The van der Waals surface area contributed by atoms with Gasteiger partial charge >= 0.3 is 0 Å². The van der Waals surface area contributed by atoms with Crippen LogP contribution in [0.25, 0.3) is 0 Å². The molecule has 124 valence electrons. The Bertz CT molecular complexity index is 738. The largest absolute Gasteiger partial charge is 0.352 e. The van der Waals surface area contributed by atoms with Gasteiger partial charge in [0, 0.05) is 30.8 Å². The first-order chi connectivity index (χ1) is 11.7. The van der Waals surface area contributed by atoms with Gasteiger partial charge in [0.15, 0.2) is 0 Å². The van der Waals surface area contributed by atoms with Crippen LogP contribution in [-0.4, -0.2) is 29.8 Å². The standard InChI is InChI=1S/C20H22N2O2/c1-2-12-21-19(23)16-7-9-17(10-8-16)20(24)22-13-11-15-5-3-4-6-18(15)14-22/h3-10H,2,11-14H2,1H3,(H,21,23). The van der Waals surface area contributed by atoms with E-state index in [0.29, 0.717) is 24.2 Å². The van der Waals surface area contributed by atoms with Crippen molar-refractivity contribution in [3.63, 3.8) is 0 Å². The molecule has 0 radical (unpaired) electrons. The predicted molar refractivity (Wildman–Crippen MR) is 94.0 cm³/mol. The lowest BCUT2D eigenvalue weighted by Gasteiger charge is -2.29. The van der Waals surface area contributed by atoms with Crippen molar-refractivity contribution in [2.75, 3.05) is 13.1 Å².